The lowest BCUT2D eigenvalue weighted by Crippen LogP contribution is -2.09. The van der Waals surface area contributed by atoms with Gasteiger partial charge in [-0.3, -0.25) is 0 Å². The van der Waals surface area contributed by atoms with Crippen LogP contribution >= 0.6 is 45.5 Å². The number of nitrogens with zero attached hydrogens (tertiary/aromatic N) is 2. The van der Waals surface area contributed by atoms with Crippen molar-refractivity contribution in [2.45, 2.75) is 0 Å². The van der Waals surface area contributed by atoms with Gasteiger partial charge in [0, 0.05) is 14.1 Å². The molecule has 0 spiro atoms. The maximum Gasteiger partial charge on any atom is 0.186 e. The molecule has 0 aromatic carbocycles. The summed E-state index contributed by atoms with van der Waals surface area (Å²) in [6, 6.07) is 0. The summed E-state index contributed by atoms with van der Waals surface area (Å²) in [5, 5.41) is 0. The number of aromatic nitrogens is 1. The van der Waals surface area contributed by atoms with Gasteiger partial charge >= 0.3 is 0 Å². The molecule has 1 rings (SSSR count). The smallest absolute Gasteiger partial charge is 0.186 e. The minimum absolute atomic E-state index is 0.605. The molecule has 0 atom stereocenters. The number of anilines is 1. The van der Waals surface area contributed by atoms with Gasteiger partial charge in [-0.2, -0.15) is 0 Å². The van der Waals surface area contributed by atoms with Crippen molar-refractivity contribution in [1.29, 1.82) is 0 Å². The SMILES string of the molecule is CN(C)c1nc(Cl)sc1I. The van der Waals surface area contributed by atoms with Gasteiger partial charge in [-0.1, -0.05) is 22.9 Å². The van der Waals surface area contributed by atoms with E-state index >= 15 is 0 Å². The van der Waals surface area contributed by atoms with Gasteiger partial charge in [-0.05, 0) is 22.6 Å². The van der Waals surface area contributed by atoms with Crippen LogP contribution in [0.4, 0.5) is 5.82 Å². The molecule has 0 fully saturated rings. The van der Waals surface area contributed by atoms with E-state index < -0.39 is 0 Å². The third-order valence-electron chi connectivity index (χ3n) is 0.967. The van der Waals surface area contributed by atoms with Gasteiger partial charge in [0.05, 0.1) is 0 Å². The number of halogens is 2. The van der Waals surface area contributed by atoms with Gasteiger partial charge in [0.1, 0.15) is 2.88 Å². The average Bonchev–Trinajstić information content (AvgIpc) is 2.10. The maximum atomic E-state index is 5.69. The van der Waals surface area contributed by atoms with Crippen LogP contribution < -0.4 is 4.90 Å². The molecule has 5 heteroatoms. The maximum absolute atomic E-state index is 5.69. The largest absolute Gasteiger partial charge is 0.361 e. The average molecular weight is 289 g/mol. The first-order valence-electron chi connectivity index (χ1n) is 2.60. The molecular weight excluding hydrogens is 282 g/mol. The van der Waals surface area contributed by atoms with Crippen molar-refractivity contribution in [2.24, 2.45) is 0 Å². The highest BCUT2D eigenvalue weighted by molar-refractivity contribution is 14.1. The third kappa shape index (κ3) is 1.73. The lowest BCUT2D eigenvalue weighted by molar-refractivity contribution is 1.08. The van der Waals surface area contributed by atoms with Gasteiger partial charge in [-0.25, -0.2) is 4.98 Å². The molecule has 10 heavy (non-hydrogen) atoms. The van der Waals surface area contributed by atoms with Crippen LogP contribution in [0.15, 0.2) is 0 Å². The molecular formula is C5H6ClIN2S. The molecule has 1 heterocycles. The summed E-state index contributed by atoms with van der Waals surface area (Å²) in [7, 11) is 3.90. The Balaban J connectivity index is 3.03. The van der Waals surface area contributed by atoms with Crippen molar-refractivity contribution in [3.63, 3.8) is 0 Å². The van der Waals surface area contributed by atoms with Gasteiger partial charge in [0.15, 0.2) is 10.3 Å². The van der Waals surface area contributed by atoms with Gasteiger partial charge in [-0.15, -0.1) is 0 Å². The fourth-order valence-corrected chi connectivity index (χ4v) is 3.08. The van der Waals surface area contributed by atoms with Crippen LogP contribution in [0, 0.1) is 2.88 Å². The van der Waals surface area contributed by atoms with Gasteiger partial charge in [0.25, 0.3) is 0 Å². The molecule has 0 radical (unpaired) electrons. The second-order valence-corrected chi connectivity index (χ2v) is 5.35. The lowest BCUT2D eigenvalue weighted by atomic mass is 10.7. The predicted molar refractivity (Wildman–Crippen MR) is 54.2 cm³/mol. The highest BCUT2D eigenvalue weighted by Gasteiger charge is 2.07. The summed E-state index contributed by atoms with van der Waals surface area (Å²) < 4.78 is 1.74. The zero-order valence-electron chi connectivity index (χ0n) is 5.56. The first-order chi connectivity index (χ1) is 4.61. The Hall–Kier alpha value is 0.450. The fraction of sp³-hybridized carbons (Fsp3) is 0.400. The molecule has 0 saturated carbocycles. The van der Waals surface area contributed by atoms with Crippen molar-refractivity contribution < 1.29 is 0 Å². The van der Waals surface area contributed by atoms with Crippen LogP contribution in [0.3, 0.4) is 0 Å². The van der Waals surface area contributed by atoms with Crippen molar-refractivity contribution in [3.05, 3.63) is 7.35 Å². The number of hydrogen-bond donors (Lipinski definition) is 0. The highest BCUT2D eigenvalue weighted by Crippen LogP contribution is 2.29. The Morgan fingerprint density at radius 2 is 2.20 bits per heavy atom. The number of rotatable bonds is 1. The van der Waals surface area contributed by atoms with Gasteiger partial charge < -0.3 is 4.90 Å². The van der Waals surface area contributed by atoms with Crippen LogP contribution in [-0.4, -0.2) is 19.1 Å². The van der Waals surface area contributed by atoms with E-state index in [0.29, 0.717) is 4.47 Å². The zero-order chi connectivity index (χ0) is 7.72. The monoisotopic (exact) mass is 288 g/mol. The van der Waals surface area contributed by atoms with E-state index in [2.05, 4.69) is 27.6 Å². The first kappa shape index (κ1) is 8.55. The number of hydrogen-bond acceptors (Lipinski definition) is 3. The molecule has 1 aromatic heterocycles. The molecule has 0 amide bonds. The van der Waals surface area contributed by atoms with Gasteiger partial charge in [0.2, 0.25) is 0 Å². The van der Waals surface area contributed by atoms with Crippen LogP contribution in [0.5, 0.6) is 0 Å². The Morgan fingerprint density at radius 1 is 1.60 bits per heavy atom. The summed E-state index contributed by atoms with van der Waals surface area (Å²) >= 11 is 9.41. The fourth-order valence-electron chi connectivity index (χ4n) is 0.545. The van der Waals surface area contributed by atoms with E-state index in [-0.39, 0.29) is 0 Å². The Labute approximate surface area is 82.3 Å². The van der Waals surface area contributed by atoms with Crippen LogP contribution in [0.1, 0.15) is 0 Å². The quantitative estimate of drug-likeness (QED) is 0.738. The topological polar surface area (TPSA) is 16.1 Å². The lowest BCUT2D eigenvalue weighted by Gasteiger charge is -2.07. The molecule has 0 bridgehead atoms. The third-order valence-corrected chi connectivity index (χ3v) is 3.05. The zero-order valence-corrected chi connectivity index (χ0v) is 9.29. The number of thiazole rings is 1. The summed E-state index contributed by atoms with van der Waals surface area (Å²) in [4.78, 5) is 6.06. The van der Waals surface area contributed by atoms with Crippen molar-refractivity contribution in [3.8, 4) is 0 Å². The van der Waals surface area contributed by atoms with Crippen LogP contribution in [0.25, 0.3) is 0 Å². The molecule has 0 saturated heterocycles. The Morgan fingerprint density at radius 3 is 2.40 bits per heavy atom. The summed E-state index contributed by atoms with van der Waals surface area (Å²) in [6.07, 6.45) is 0. The summed E-state index contributed by atoms with van der Waals surface area (Å²) in [6.45, 7) is 0. The van der Waals surface area contributed by atoms with Crippen molar-refractivity contribution in [1.82, 2.24) is 4.98 Å². The van der Waals surface area contributed by atoms with E-state index in [9.17, 15) is 0 Å². The van der Waals surface area contributed by atoms with E-state index in [4.69, 9.17) is 11.6 Å². The normalized spacial score (nSPS) is 10.0. The van der Waals surface area contributed by atoms with Crippen molar-refractivity contribution >= 4 is 51.3 Å². The molecule has 0 aliphatic heterocycles. The van der Waals surface area contributed by atoms with Crippen molar-refractivity contribution in [2.75, 3.05) is 19.0 Å². The standard InChI is InChI=1S/C5H6ClIN2S/c1-9(2)4-3(7)10-5(6)8-4/h1-2H3. The van der Waals surface area contributed by atoms with Crippen LogP contribution in [-0.2, 0) is 0 Å². The first-order valence-corrected chi connectivity index (χ1v) is 4.87. The summed E-state index contributed by atoms with van der Waals surface area (Å²) in [5.74, 6) is 0.954. The Bertz CT molecular complexity index is 236. The van der Waals surface area contributed by atoms with E-state index in [0.717, 1.165) is 8.70 Å². The molecule has 0 N–H and O–H groups in total. The van der Waals surface area contributed by atoms with E-state index in [1.54, 1.807) is 0 Å². The minimum Gasteiger partial charge on any atom is -0.361 e. The minimum atomic E-state index is 0.605. The second-order valence-electron chi connectivity index (χ2n) is 1.96. The molecule has 2 nitrogen and oxygen atoms in total. The molecule has 0 aliphatic rings. The van der Waals surface area contributed by atoms with E-state index in [1.165, 1.54) is 11.3 Å². The second kappa shape index (κ2) is 3.23. The highest BCUT2D eigenvalue weighted by atomic mass is 127. The van der Waals surface area contributed by atoms with E-state index in [1.807, 2.05) is 19.0 Å². The van der Waals surface area contributed by atoms with Crippen LogP contribution in [0.2, 0.25) is 4.47 Å². The molecule has 1 aromatic rings. The Kier molecular flexibility index (Phi) is 2.76. The summed E-state index contributed by atoms with van der Waals surface area (Å²) in [5.41, 5.74) is 0. The predicted octanol–water partition coefficient (Wildman–Crippen LogP) is 2.47. The molecule has 56 valence electrons. The molecule has 0 aliphatic carbocycles. The molecule has 0 unspecified atom stereocenters.